The molecule has 1 aliphatic rings. The molecule has 2 N–H and O–H groups in total. The molecule has 5 rings (SSSR count). The summed E-state index contributed by atoms with van der Waals surface area (Å²) in [5.41, 5.74) is 0.229. The first-order valence-electron chi connectivity index (χ1n) is 10.3. The summed E-state index contributed by atoms with van der Waals surface area (Å²) < 4.78 is 3.35. The van der Waals surface area contributed by atoms with Crippen molar-refractivity contribution in [2.75, 3.05) is 12.0 Å². The number of carbonyl (C=O) groups is 1. The highest BCUT2D eigenvalue weighted by Gasteiger charge is 2.28. The lowest BCUT2D eigenvalue weighted by Crippen LogP contribution is -2.32. The number of rotatable bonds is 7. The summed E-state index contributed by atoms with van der Waals surface area (Å²) in [5, 5.41) is 11.7. The molecule has 0 spiro atoms. The summed E-state index contributed by atoms with van der Waals surface area (Å²) in [6.45, 7) is 0. The third-order valence-electron chi connectivity index (χ3n) is 5.52. The van der Waals surface area contributed by atoms with Crippen molar-refractivity contribution >= 4 is 34.3 Å². The molecule has 4 aromatic rings. The number of fused-ring (bicyclic) bond motifs is 2. The van der Waals surface area contributed by atoms with Gasteiger partial charge in [0.25, 0.3) is 11.5 Å². The monoisotopic (exact) mass is 451 g/mol. The Bertz CT molecular complexity index is 1440. The largest absolute Gasteiger partial charge is 0.342 e. The predicted molar refractivity (Wildman–Crippen MR) is 121 cm³/mol. The van der Waals surface area contributed by atoms with Crippen LogP contribution in [0.15, 0.2) is 46.2 Å². The predicted octanol–water partition coefficient (Wildman–Crippen LogP) is 1.69. The Morgan fingerprint density at radius 3 is 2.94 bits per heavy atom. The van der Waals surface area contributed by atoms with Crippen LogP contribution in [0, 0.1) is 0 Å². The Labute approximate surface area is 186 Å². The molecule has 1 fully saturated rings. The van der Waals surface area contributed by atoms with Gasteiger partial charge in [-0.15, -0.1) is 10.2 Å². The van der Waals surface area contributed by atoms with Crippen molar-refractivity contribution in [3.8, 4) is 0 Å². The number of amides is 1. The fraction of sp³-hybridized carbons (Fsp3) is 0.333. The molecule has 1 amide bonds. The highest BCUT2D eigenvalue weighted by Crippen LogP contribution is 2.34. The van der Waals surface area contributed by atoms with Crippen LogP contribution >= 0.6 is 11.8 Å². The molecule has 0 aromatic carbocycles. The summed E-state index contributed by atoms with van der Waals surface area (Å²) in [6, 6.07) is 6.77. The molecule has 164 valence electrons. The van der Waals surface area contributed by atoms with Gasteiger partial charge in [0.2, 0.25) is 0 Å². The highest BCUT2D eigenvalue weighted by molar-refractivity contribution is 7.98. The number of aromatic nitrogens is 6. The summed E-state index contributed by atoms with van der Waals surface area (Å²) in [6.07, 6.45) is 7.66. The van der Waals surface area contributed by atoms with Crippen molar-refractivity contribution in [2.45, 2.75) is 31.3 Å². The molecule has 1 atom stereocenters. The molecular weight excluding hydrogens is 430 g/mol. The summed E-state index contributed by atoms with van der Waals surface area (Å²) in [7, 11) is 0. The van der Waals surface area contributed by atoms with Gasteiger partial charge in [-0.1, -0.05) is 6.07 Å². The average molecular weight is 452 g/mol. The molecule has 11 heteroatoms. The van der Waals surface area contributed by atoms with Crippen molar-refractivity contribution in [2.24, 2.45) is 0 Å². The van der Waals surface area contributed by atoms with Crippen LogP contribution in [0.3, 0.4) is 0 Å². The fourth-order valence-electron chi connectivity index (χ4n) is 3.77. The Morgan fingerprint density at radius 1 is 1.31 bits per heavy atom. The second-order valence-electron chi connectivity index (χ2n) is 7.75. The van der Waals surface area contributed by atoms with Crippen LogP contribution in [0.5, 0.6) is 0 Å². The van der Waals surface area contributed by atoms with Crippen LogP contribution in [0.25, 0.3) is 16.7 Å². The highest BCUT2D eigenvalue weighted by atomic mass is 32.2. The van der Waals surface area contributed by atoms with E-state index in [0.29, 0.717) is 23.5 Å². The minimum atomic E-state index is -0.550. The lowest BCUT2D eigenvalue weighted by molar-refractivity contribution is 0.0933. The van der Waals surface area contributed by atoms with E-state index in [1.807, 2.05) is 35.1 Å². The van der Waals surface area contributed by atoms with Crippen molar-refractivity contribution in [3.63, 3.8) is 0 Å². The van der Waals surface area contributed by atoms with E-state index in [1.54, 1.807) is 11.8 Å². The van der Waals surface area contributed by atoms with Gasteiger partial charge in [-0.05, 0) is 49.5 Å². The van der Waals surface area contributed by atoms with Gasteiger partial charge < -0.3 is 5.32 Å². The number of nitrogens with one attached hydrogen (secondary N) is 2. The molecule has 4 aromatic heterocycles. The lowest BCUT2D eigenvalue weighted by atomic mass is 10.1. The van der Waals surface area contributed by atoms with E-state index in [2.05, 4.69) is 25.5 Å². The van der Waals surface area contributed by atoms with Gasteiger partial charge in [-0.25, -0.2) is 9.78 Å². The number of H-pyrrole nitrogens is 1. The second-order valence-corrected chi connectivity index (χ2v) is 8.74. The maximum absolute atomic E-state index is 13.1. The van der Waals surface area contributed by atoms with Crippen LogP contribution in [0.1, 0.15) is 47.5 Å². The Balaban J connectivity index is 1.49. The zero-order valence-corrected chi connectivity index (χ0v) is 18.1. The number of aromatic amines is 1. The van der Waals surface area contributed by atoms with Gasteiger partial charge >= 0.3 is 5.69 Å². The smallest absolute Gasteiger partial charge is 0.330 e. The van der Waals surface area contributed by atoms with E-state index in [4.69, 9.17) is 0 Å². The second kappa shape index (κ2) is 8.23. The first-order chi connectivity index (χ1) is 15.6. The zero-order valence-electron chi connectivity index (χ0n) is 17.3. The van der Waals surface area contributed by atoms with Gasteiger partial charge in [0.1, 0.15) is 5.65 Å². The Hall–Kier alpha value is -3.47. The van der Waals surface area contributed by atoms with Crippen LogP contribution in [-0.2, 0) is 0 Å². The lowest BCUT2D eigenvalue weighted by Gasteiger charge is -2.17. The van der Waals surface area contributed by atoms with Gasteiger partial charge in [-0.3, -0.25) is 23.5 Å². The standard InChI is InChI=1S/C21H21N7O3S/c1-32-9-7-15(18-26-25-16-4-2-3-8-27(16)18)23-19(29)12-10-14-17(22-11-12)28(13-5-6-13)21(31)24-20(14)30/h2-4,8,10-11,13,15H,5-7,9H2,1H3,(H,23,29)(H,24,30,31). The molecule has 0 saturated heterocycles. The van der Waals surface area contributed by atoms with Crippen LogP contribution in [-0.4, -0.2) is 47.0 Å². The fourth-order valence-corrected chi connectivity index (χ4v) is 4.25. The van der Waals surface area contributed by atoms with E-state index in [9.17, 15) is 14.4 Å². The van der Waals surface area contributed by atoms with Crippen LogP contribution < -0.4 is 16.6 Å². The maximum Gasteiger partial charge on any atom is 0.330 e. The van der Waals surface area contributed by atoms with Crippen molar-refractivity contribution in [3.05, 3.63) is 68.9 Å². The van der Waals surface area contributed by atoms with Crippen LogP contribution in [0.4, 0.5) is 0 Å². The number of hydrogen-bond acceptors (Lipinski definition) is 7. The number of nitrogens with zero attached hydrogens (tertiary/aromatic N) is 5. The number of pyridine rings is 2. The van der Waals surface area contributed by atoms with Crippen molar-refractivity contribution in [1.29, 1.82) is 0 Å². The quantitative estimate of drug-likeness (QED) is 0.438. The number of thioether (sulfide) groups is 1. The third kappa shape index (κ3) is 3.68. The van der Waals surface area contributed by atoms with E-state index in [1.165, 1.54) is 16.8 Å². The topological polar surface area (TPSA) is 127 Å². The molecule has 0 radical (unpaired) electrons. The van der Waals surface area contributed by atoms with Gasteiger partial charge in [0.05, 0.1) is 17.0 Å². The van der Waals surface area contributed by atoms with Gasteiger partial charge in [0.15, 0.2) is 11.5 Å². The van der Waals surface area contributed by atoms with E-state index < -0.39 is 11.2 Å². The summed E-state index contributed by atoms with van der Waals surface area (Å²) in [5.74, 6) is 1.08. The average Bonchev–Trinajstić information content (AvgIpc) is 3.54. The molecule has 32 heavy (non-hydrogen) atoms. The third-order valence-corrected chi connectivity index (χ3v) is 6.16. The van der Waals surface area contributed by atoms with Gasteiger partial charge in [-0.2, -0.15) is 11.8 Å². The van der Waals surface area contributed by atoms with Crippen LogP contribution in [0.2, 0.25) is 0 Å². The Kier molecular flexibility index (Phi) is 5.25. The normalized spacial score (nSPS) is 14.7. The molecular formula is C21H21N7O3S. The first kappa shape index (κ1) is 20.4. The first-order valence-corrected chi connectivity index (χ1v) is 11.7. The SMILES string of the molecule is CSCCC(NC(=O)c1cnc2c(c1)c(=O)[nH]c(=O)n2C1CC1)c1nnc2ccccn12. The minimum Gasteiger partial charge on any atom is -0.342 e. The van der Waals surface area contributed by atoms with Gasteiger partial charge in [0, 0.05) is 18.4 Å². The zero-order chi connectivity index (χ0) is 22.2. The van der Waals surface area contributed by atoms with E-state index in [-0.39, 0.29) is 28.9 Å². The summed E-state index contributed by atoms with van der Waals surface area (Å²) in [4.78, 5) is 44.4. The van der Waals surface area contributed by atoms with Crippen molar-refractivity contribution in [1.82, 2.24) is 34.4 Å². The molecule has 4 heterocycles. The van der Waals surface area contributed by atoms with E-state index in [0.717, 1.165) is 18.6 Å². The maximum atomic E-state index is 13.1. The molecule has 1 aliphatic carbocycles. The molecule has 0 aliphatic heterocycles. The molecule has 1 saturated carbocycles. The number of carbonyl (C=O) groups excluding carboxylic acids is 1. The van der Waals surface area contributed by atoms with Crippen molar-refractivity contribution < 1.29 is 4.79 Å². The molecule has 10 nitrogen and oxygen atoms in total. The molecule has 0 bridgehead atoms. The minimum absolute atomic E-state index is 0.0474. The van der Waals surface area contributed by atoms with E-state index >= 15 is 0 Å². The number of hydrogen-bond donors (Lipinski definition) is 2. The Morgan fingerprint density at radius 2 is 2.16 bits per heavy atom. The summed E-state index contributed by atoms with van der Waals surface area (Å²) >= 11 is 1.67. The molecule has 1 unspecified atom stereocenters.